The second-order valence-corrected chi connectivity index (χ2v) is 27.2. The molecule has 1 saturated heterocycles. The number of carbonyl (C=O) groups excluding carboxylic acids is 8. The Morgan fingerprint density at radius 2 is 0.716 bits per heavy atom. The van der Waals surface area contributed by atoms with Gasteiger partial charge in [-0.05, 0) is 199 Å². The maximum atomic E-state index is 11.7. The fourth-order valence-corrected chi connectivity index (χ4v) is 10.8. The van der Waals surface area contributed by atoms with Crippen molar-refractivity contribution in [3.63, 3.8) is 0 Å². The first kappa shape index (κ1) is 90.0. The Morgan fingerprint density at radius 1 is 0.414 bits per heavy atom. The summed E-state index contributed by atoms with van der Waals surface area (Å²) >= 11 is 11.9. The summed E-state index contributed by atoms with van der Waals surface area (Å²) in [5, 5.41) is 28.4. The number of aldehydes is 3. The van der Waals surface area contributed by atoms with Gasteiger partial charge in [-0.2, -0.15) is 0 Å². The molecule has 0 saturated carbocycles. The summed E-state index contributed by atoms with van der Waals surface area (Å²) in [7, 11) is -2.38. The number of hydrogen-bond donors (Lipinski definition) is 3. The fourth-order valence-electron chi connectivity index (χ4n) is 10.0. The van der Waals surface area contributed by atoms with Crippen LogP contribution in [-0.4, -0.2) is 154 Å². The van der Waals surface area contributed by atoms with Crippen LogP contribution >= 0.6 is 43.5 Å². The van der Waals surface area contributed by atoms with Crippen LogP contribution in [0, 0.1) is 0 Å². The molecule has 3 aliphatic heterocycles. The lowest BCUT2D eigenvalue weighted by Gasteiger charge is -2.32. The minimum Gasteiger partial charge on any atom is -0.508 e. The monoisotopic (exact) mass is 1730 g/mol. The topological polar surface area (TPSA) is 382 Å². The van der Waals surface area contributed by atoms with Gasteiger partial charge in [0.15, 0.2) is 12.6 Å². The first-order chi connectivity index (χ1) is 55.6. The summed E-state index contributed by atoms with van der Waals surface area (Å²) in [5.41, 5.74) is 6.10. The van der Waals surface area contributed by atoms with Crippen LogP contribution in [0.2, 0.25) is 5.15 Å². The lowest BCUT2D eigenvalue weighted by atomic mass is 9.76. The van der Waals surface area contributed by atoms with Gasteiger partial charge in [-0.15, -0.1) is 0 Å². The Hall–Kier alpha value is -11.6. The number of hydrogen-bond acceptors (Lipinski definition) is 29. The van der Waals surface area contributed by atoms with E-state index >= 15 is 0 Å². The van der Waals surface area contributed by atoms with E-state index < -0.39 is 56.4 Å². The molecule has 5 aromatic carbocycles. The first-order valence-electron chi connectivity index (χ1n) is 35.6. The number of aromatic hydroxyl groups is 1. The zero-order valence-electron chi connectivity index (χ0n) is 64.0. The molecule has 5 aromatic heterocycles. The number of pyridine rings is 5. The van der Waals surface area contributed by atoms with Crippen molar-refractivity contribution in [1.29, 1.82) is 0 Å². The minimum atomic E-state index is -0.869. The van der Waals surface area contributed by atoms with Gasteiger partial charge in [0.25, 0.3) is 0 Å². The molecule has 0 atom stereocenters. The highest BCUT2D eigenvalue weighted by molar-refractivity contribution is 9.10. The fraction of sp³-hybridized carbons (Fsp3) is 0.222. The van der Waals surface area contributed by atoms with E-state index in [4.69, 9.17) is 78.0 Å². The summed E-state index contributed by atoms with van der Waals surface area (Å²) in [6.45, 7) is 18.8. The van der Waals surface area contributed by atoms with Crippen molar-refractivity contribution in [2.45, 2.75) is 86.7 Å². The standard InChI is InChI=1S/C21H24BNO6.2C15H14BNO5.C15H12BrNO4.C8H8ClNO2.C7H5BrO2/c1-6-26-19(25)14-7-10-18(23-12-14)27-16-8-9-17(15(11-16)13-24)22-28-20(2,3)21(4,5)29-22;2*1-2-20-15(18)10-3-6-14(17-8-10)22-12-4-5-13-11(7-12)9-21-16(13)19;1-2-20-15(19)10-3-6-14(17-8-10)21-12-4-5-13(16)11(7-12)9-18;1-2-12-8(11)6-3-4-7(9)10-5-6;8-7-2-1-6(10)3-5(7)4-9/h7-13H,6H2,1-5H3;2*3-8,19H,2,9H2,1H3;3-9H,2H2,1H3;3-5H,2H2,1H3;1-4,10H. The van der Waals surface area contributed by atoms with Crippen molar-refractivity contribution < 1.29 is 115 Å². The van der Waals surface area contributed by atoms with E-state index in [-0.39, 0.29) is 11.7 Å². The highest BCUT2D eigenvalue weighted by Gasteiger charge is 2.52. The molecule has 29 nitrogen and oxygen atoms in total. The van der Waals surface area contributed by atoms with Crippen molar-refractivity contribution in [2.75, 3.05) is 33.0 Å². The highest BCUT2D eigenvalue weighted by atomic mass is 79.9. The highest BCUT2D eigenvalue weighted by Crippen LogP contribution is 2.37. The van der Waals surface area contributed by atoms with Gasteiger partial charge in [-0.25, -0.2) is 48.9 Å². The van der Waals surface area contributed by atoms with Crippen molar-refractivity contribution >= 4 is 130 Å². The van der Waals surface area contributed by atoms with Gasteiger partial charge < -0.3 is 76.4 Å². The Balaban J connectivity index is 0.000000179. The van der Waals surface area contributed by atoms with Gasteiger partial charge in [0.1, 0.15) is 40.2 Å². The summed E-state index contributed by atoms with van der Waals surface area (Å²) in [6.07, 6.45) is 9.13. The van der Waals surface area contributed by atoms with Crippen LogP contribution in [0.5, 0.6) is 52.3 Å². The number of carbonyl (C=O) groups is 8. The Morgan fingerprint density at radius 3 is 1.03 bits per heavy atom. The number of benzene rings is 5. The van der Waals surface area contributed by atoms with Crippen LogP contribution in [0.15, 0.2) is 192 Å². The number of aromatic nitrogens is 5. The van der Waals surface area contributed by atoms with E-state index in [0.717, 1.165) is 34.6 Å². The number of nitrogens with zero attached hydrogens (tertiary/aromatic N) is 5. The summed E-state index contributed by atoms with van der Waals surface area (Å²) in [6, 6.07) is 41.0. The number of rotatable bonds is 22. The molecule has 35 heteroatoms. The molecular weight excluding hydrogens is 1650 g/mol. The molecular formula is C81H77B3Br2ClN5O24. The average molecular weight is 1730 g/mol. The quantitative estimate of drug-likeness (QED) is 0.0186. The molecule has 0 bridgehead atoms. The zero-order valence-corrected chi connectivity index (χ0v) is 67.9. The van der Waals surface area contributed by atoms with Gasteiger partial charge in [0, 0.05) is 80.9 Å². The Labute approximate surface area is 689 Å². The lowest BCUT2D eigenvalue weighted by molar-refractivity contribution is 0.00578. The molecule has 10 aromatic rings. The predicted octanol–water partition coefficient (Wildman–Crippen LogP) is 13.2. The van der Waals surface area contributed by atoms with Crippen molar-refractivity contribution in [1.82, 2.24) is 24.9 Å². The second kappa shape index (κ2) is 43.8. The molecule has 0 radical (unpaired) electrons. The van der Waals surface area contributed by atoms with Crippen molar-refractivity contribution in [2.24, 2.45) is 0 Å². The largest absolute Gasteiger partial charge is 0.508 e. The number of esters is 5. The summed E-state index contributed by atoms with van der Waals surface area (Å²) in [4.78, 5) is 110. The predicted molar refractivity (Wildman–Crippen MR) is 432 cm³/mol. The molecule has 8 heterocycles. The van der Waals surface area contributed by atoms with Crippen LogP contribution in [0.4, 0.5) is 0 Å². The molecule has 0 aliphatic carbocycles. The van der Waals surface area contributed by atoms with E-state index in [1.165, 1.54) is 43.1 Å². The first-order valence-corrected chi connectivity index (χ1v) is 37.6. The van der Waals surface area contributed by atoms with E-state index in [2.05, 4.69) is 56.8 Å². The molecule has 116 heavy (non-hydrogen) atoms. The van der Waals surface area contributed by atoms with Gasteiger partial charge in [-0.3, -0.25) is 14.4 Å². The maximum Gasteiger partial charge on any atom is 0.495 e. The zero-order chi connectivity index (χ0) is 84.1. The Kier molecular flexibility index (Phi) is 33.9. The van der Waals surface area contributed by atoms with Crippen LogP contribution in [-0.2, 0) is 55.5 Å². The molecule has 3 N–H and O–H groups in total. The van der Waals surface area contributed by atoms with Crippen LogP contribution in [0.3, 0.4) is 0 Å². The third-order valence-electron chi connectivity index (χ3n) is 16.6. The van der Waals surface area contributed by atoms with E-state index in [1.807, 2.05) is 27.7 Å². The molecule has 13 rings (SSSR count). The number of phenols is 1. The van der Waals surface area contributed by atoms with Crippen LogP contribution in [0.1, 0.15) is 156 Å². The van der Waals surface area contributed by atoms with Crippen molar-refractivity contribution in [3.8, 4) is 52.3 Å². The van der Waals surface area contributed by atoms with Gasteiger partial charge in [-0.1, -0.05) is 61.7 Å². The third kappa shape index (κ3) is 26.0. The number of fused-ring (bicyclic) bond motifs is 2. The Bertz CT molecular complexity index is 4910. The molecule has 0 unspecified atom stereocenters. The molecule has 0 amide bonds. The molecule has 3 aliphatic rings. The maximum absolute atomic E-state index is 11.7. The van der Waals surface area contributed by atoms with Gasteiger partial charge in [0.05, 0.1) is 85.3 Å². The van der Waals surface area contributed by atoms with Crippen molar-refractivity contribution in [3.05, 3.63) is 252 Å². The smallest absolute Gasteiger partial charge is 0.495 e. The number of phenolic OH excluding ortho intramolecular Hbond substituents is 1. The molecule has 0 spiro atoms. The SMILES string of the molecule is CCOC(=O)c1ccc(Cl)nc1.CCOC(=O)c1ccc(Oc2ccc(B3OC(C)(C)C(C)(C)O3)c(C=O)c2)nc1.CCOC(=O)c1ccc(Oc2ccc(Br)c(C=O)c2)nc1.CCOC(=O)c1ccc(Oc2ccc3c(c2)COB3O)nc1.CCOC(=O)c1ccc(Oc2ccc3c(c2)COB3O)nc1.O=Cc1cc(O)ccc1Br. The van der Waals surface area contributed by atoms with E-state index in [9.17, 15) is 48.4 Å². The number of ether oxygens (including phenoxy) is 9. The number of halogens is 3. The average Bonchev–Trinajstić information content (AvgIpc) is 1.62. The third-order valence-corrected chi connectivity index (χ3v) is 18.2. The van der Waals surface area contributed by atoms with E-state index in [0.29, 0.717) is 163 Å². The normalized spacial score (nSPS) is 12.8. The van der Waals surface area contributed by atoms with Gasteiger partial charge in [0.2, 0.25) is 23.5 Å². The molecule has 1 fully saturated rings. The van der Waals surface area contributed by atoms with Crippen LogP contribution < -0.4 is 35.3 Å². The second-order valence-electron chi connectivity index (χ2n) is 25.1. The van der Waals surface area contributed by atoms with Gasteiger partial charge >= 0.3 is 51.2 Å². The van der Waals surface area contributed by atoms with E-state index in [1.54, 1.807) is 174 Å². The lowest BCUT2D eigenvalue weighted by Crippen LogP contribution is -2.41. The summed E-state index contributed by atoms with van der Waals surface area (Å²) < 4.78 is 70.5. The van der Waals surface area contributed by atoms with Crippen LogP contribution in [0.25, 0.3) is 0 Å². The minimum absolute atomic E-state index is 0.102. The summed E-state index contributed by atoms with van der Waals surface area (Å²) in [5.74, 6) is 1.48. The molecule has 600 valence electrons.